The number of hydrogen-bond donors (Lipinski definition) is 0. The second kappa shape index (κ2) is 13.1. The summed E-state index contributed by atoms with van der Waals surface area (Å²) in [7, 11) is 3.35. The number of unbranched alkanes of at least 4 members (excludes halogenated alkanes) is 9. The minimum absolute atomic E-state index is 0.759. The molecule has 0 atom stereocenters. The zero-order valence-corrected chi connectivity index (χ0v) is 20.2. The molecule has 4 heteroatoms. The van der Waals surface area contributed by atoms with Crippen molar-refractivity contribution in [3.05, 3.63) is 53.9 Å². The number of benzene rings is 2. The van der Waals surface area contributed by atoms with Crippen molar-refractivity contribution in [2.45, 2.75) is 84.1 Å². The number of nitrogens with zero attached hydrogens (tertiary/aromatic N) is 2. The molecule has 0 radical (unpaired) electrons. The molecule has 3 rings (SSSR count). The molecular formula is C28H40N2O2. The number of fused-ring (bicyclic) bond motifs is 1. The van der Waals surface area contributed by atoms with Crippen LogP contribution in [0, 0.1) is 0 Å². The van der Waals surface area contributed by atoms with Crippen LogP contribution in [0.25, 0.3) is 11.0 Å². The number of aryl methyl sites for hydroxylation is 1. The maximum absolute atomic E-state index is 5.49. The van der Waals surface area contributed by atoms with E-state index in [1.165, 1.54) is 75.3 Å². The van der Waals surface area contributed by atoms with E-state index in [1.807, 2.05) is 6.07 Å². The SMILES string of the molecule is CCCCCCCCCCCCn1c(Cc2ccc(OC)c(OC)c2)nc2ccccc21. The third-order valence-electron chi connectivity index (χ3n) is 6.28. The Bertz CT molecular complexity index is 948. The van der Waals surface area contributed by atoms with E-state index in [0.717, 1.165) is 35.8 Å². The second-order valence-corrected chi connectivity index (χ2v) is 8.72. The largest absolute Gasteiger partial charge is 0.493 e. The quantitative estimate of drug-likeness (QED) is 0.231. The van der Waals surface area contributed by atoms with Gasteiger partial charge in [0.25, 0.3) is 0 Å². The summed E-state index contributed by atoms with van der Waals surface area (Å²) < 4.78 is 13.3. The van der Waals surface area contributed by atoms with E-state index < -0.39 is 0 Å². The smallest absolute Gasteiger partial charge is 0.161 e. The predicted molar refractivity (Wildman–Crippen MR) is 134 cm³/mol. The number of aromatic nitrogens is 2. The lowest BCUT2D eigenvalue weighted by atomic mass is 10.1. The van der Waals surface area contributed by atoms with Crippen molar-refractivity contribution < 1.29 is 9.47 Å². The molecule has 2 aromatic carbocycles. The van der Waals surface area contributed by atoms with E-state index >= 15 is 0 Å². The first-order valence-electron chi connectivity index (χ1n) is 12.4. The van der Waals surface area contributed by atoms with Crippen molar-refractivity contribution in [2.75, 3.05) is 14.2 Å². The summed E-state index contributed by atoms with van der Waals surface area (Å²) in [6.45, 7) is 3.31. The van der Waals surface area contributed by atoms with Crippen LogP contribution in [0.5, 0.6) is 11.5 Å². The molecule has 1 heterocycles. The molecule has 0 spiro atoms. The van der Waals surface area contributed by atoms with Gasteiger partial charge < -0.3 is 14.0 Å². The topological polar surface area (TPSA) is 36.3 Å². The molecular weight excluding hydrogens is 396 g/mol. The number of para-hydroxylation sites is 2. The van der Waals surface area contributed by atoms with Crippen molar-refractivity contribution >= 4 is 11.0 Å². The molecule has 0 aliphatic heterocycles. The van der Waals surface area contributed by atoms with Crippen molar-refractivity contribution in [3.63, 3.8) is 0 Å². The van der Waals surface area contributed by atoms with Gasteiger partial charge in [0, 0.05) is 13.0 Å². The minimum Gasteiger partial charge on any atom is -0.493 e. The fourth-order valence-corrected chi connectivity index (χ4v) is 4.44. The number of hydrogen-bond acceptors (Lipinski definition) is 3. The predicted octanol–water partition coefficient (Wildman–Crippen LogP) is 7.57. The van der Waals surface area contributed by atoms with E-state index in [9.17, 15) is 0 Å². The van der Waals surface area contributed by atoms with E-state index in [4.69, 9.17) is 14.5 Å². The molecule has 0 saturated carbocycles. The Kier molecular flexibility index (Phi) is 9.93. The average molecular weight is 437 g/mol. The van der Waals surface area contributed by atoms with Gasteiger partial charge in [0.1, 0.15) is 5.82 Å². The van der Waals surface area contributed by atoms with E-state index in [1.54, 1.807) is 14.2 Å². The highest BCUT2D eigenvalue weighted by Crippen LogP contribution is 2.29. The Morgan fingerprint density at radius 1 is 0.750 bits per heavy atom. The molecule has 0 aliphatic carbocycles. The van der Waals surface area contributed by atoms with Gasteiger partial charge in [0.05, 0.1) is 25.3 Å². The van der Waals surface area contributed by atoms with Crippen molar-refractivity contribution in [3.8, 4) is 11.5 Å². The molecule has 174 valence electrons. The molecule has 0 amide bonds. The van der Waals surface area contributed by atoms with Gasteiger partial charge in [0.15, 0.2) is 11.5 Å². The van der Waals surface area contributed by atoms with Crippen LogP contribution in [0.4, 0.5) is 0 Å². The monoisotopic (exact) mass is 436 g/mol. The first-order valence-corrected chi connectivity index (χ1v) is 12.4. The maximum Gasteiger partial charge on any atom is 0.161 e. The molecule has 0 fully saturated rings. The minimum atomic E-state index is 0.759. The number of rotatable bonds is 15. The van der Waals surface area contributed by atoms with E-state index in [0.29, 0.717) is 0 Å². The van der Waals surface area contributed by atoms with Crippen LogP contribution in [-0.4, -0.2) is 23.8 Å². The molecule has 0 saturated heterocycles. The van der Waals surface area contributed by atoms with Crippen LogP contribution in [-0.2, 0) is 13.0 Å². The molecule has 0 unspecified atom stereocenters. The highest BCUT2D eigenvalue weighted by Gasteiger charge is 2.12. The molecule has 0 N–H and O–H groups in total. The standard InChI is InChI=1S/C28H40N2O2/c1-4-5-6-7-8-9-10-11-12-15-20-30-25-17-14-13-16-24(25)29-28(30)22-23-18-19-26(31-2)27(21-23)32-3/h13-14,16-19,21H,4-12,15,20,22H2,1-3H3. The van der Waals surface area contributed by atoms with Crippen LogP contribution in [0.15, 0.2) is 42.5 Å². The lowest BCUT2D eigenvalue weighted by Crippen LogP contribution is -2.05. The summed E-state index contributed by atoms with van der Waals surface area (Å²) in [5, 5.41) is 0. The lowest BCUT2D eigenvalue weighted by Gasteiger charge is -2.12. The molecule has 0 aliphatic rings. The fourth-order valence-electron chi connectivity index (χ4n) is 4.44. The van der Waals surface area contributed by atoms with Crippen LogP contribution >= 0.6 is 0 Å². The van der Waals surface area contributed by atoms with Gasteiger partial charge in [-0.25, -0.2) is 4.98 Å². The van der Waals surface area contributed by atoms with Gasteiger partial charge in [-0.2, -0.15) is 0 Å². The van der Waals surface area contributed by atoms with Crippen LogP contribution in [0.2, 0.25) is 0 Å². The molecule has 32 heavy (non-hydrogen) atoms. The van der Waals surface area contributed by atoms with Gasteiger partial charge in [-0.1, -0.05) is 82.9 Å². The first-order chi connectivity index (χ1) is 15.8. The summed E-state index contributed by atoms with van der Waals surface area (Å²) in [5.74, 6) is 2.65. The van der Waals surface area contributed by atoms with E-state index in [-0.39, 0.29) is 0 Å². The second-order valence-electron chi connectivity index (χ2n) is 8.72. The number of ether oxygens (including phenoxy) is 2. The van der Waals surface area contributed by atoms with Crippen LogP contribution < -0.4 is 9.47 Å². The molecule has 1 aromatic heterocycles. The molecule has 4 nitrogen and oxygen atoms in total. The van der Waals surface area contributed by atoms with Gasteiger partial charge >= 0.3 is 0 Å². The highest BCUT2D eigenvalue weighted by atomic mass is 16.5. The normalized spacial score (nSPS) is 11.2. The van der Waals surface area contributed by atoms with Crippen molar-refractivity contribution in [2.24, 2.45) is 0 Å². The van der Waals surface area contributed by atoms with Gasteiger partial charge in [-0.3, -0.25) is 0 Å². The Labute approximate surface area is 194 Å². The third-order valence-corrected chi connectivity index (χ3v) is 6.28. The van der Waals surface area contributed by atoms with Gasteiger partial charge in [0.2, 0.25) is 0 Å². The third kappa shape index (κ3) is 6.75. The Balaban J connectivity index is 1.58. The molecule has 0 bridgehead atoms. The zero-order valence-electron chi connectivity index (χ0n) is 20.2. The summed E-state index contributed by atoms with van der Waals surface area (Å²) in [4.78, 5) is 4.96. The van der Waals surface area contributed by atoms with Crippen LogP contribution in [0.3, 0.4) is 0 Å². The Morgan fingerprint density at radius 3 is 2.09 bits per heavy atom. The maximum atomic E-state index is 5.49. The van der Waals surface area contributed by atoms with E-state index in [2.05, 4.69) is 47.9 Å². The highest BCUT2D eigenvalue weighted by molar-refractivity contribution is 5.76. The number of imidazole rings is 1. The summed E-state index contributed by atoms with van der Waals surface area (Å²) in [6.07, 6.45) is 14.3. The Morgan fingerprint density at radius 2 is 1.41 bits per heavy atom. The van der Waals surface area contributed by atoms with Crippen LogP contribution in [0.1, 0.15) is 82.5 Å². The summed E-state index contributed by atoms with van der Waals surface area (Å²) >= 11 is 0. The van der Waals surface area contributed by atoms with Crippen molar-refractivity contribution in [1.29, 1.82) is 0 Å². The Hall–Kier alpha value is -2.49. The fraction of sp³-hybridized carbons (Fsp3) is 0.536. The summed E-state index contributed by atoms with van der Waals surface area (Å²) in [5.41, 5.74) is 3.50. The molecule has 3 aromatic rings. The summed E-state index contributed by atoms with van der Waals surface area (Å²) in [6, 6.07) is 14.6. The van der Waals surface area contributed by atoms with Gasteiger partial charge in [-0.15, -0.1) is 0 Å². The van der Waals surface area contributed by atoms with Gasteiger partial charge in [-0.05, 0) is 36.2 Å². The first kappa shape index (κ1) is 24.2. The number of methoxy groups -OCH3 is 2. The lowest BCUT2D eigenvalue weighted by molar-refractivity contribution is 0.354. The van der Waals surface area contributed by atoms with Crippen molar-refractivity contribution in [1.82, 2.24) is 9.55 Å². The average Bonchev–Trinajstić information content (AvgIpc) is 3.17. The zero-order chi connectivity index (χ0) is 22.6.